The Morgan fingerprint density at radius 1 is 0.871 bits per heavy atom. The van der Waals surface area contributed by atoms with Crippen LogP contribution >= 0.6 is 0 Å². The van der Waals surface area contributed by atoms with Crippen molar-refractivity contribution in [1.29, 1.82) is 0 Å². The van der Waals surface area contributed by atoms with Crippen LogP contribution in [0.25, 0.3) is 0 Å². The fourth-order valence-corrected chi connectivity index (χ4v) is 4.08. The highest BCUT2D eigenvalue weighted by Crippen LogP contribution is 2.28. The molecule has 0 aromatic rings. The van der Waals surface area contributed by atoms with Gasteiger partial charge in [0.1, 0.15) is 6.10 Å². The zero-order chi connectivity index (χ0) is 22.6. The molecule has 0 saturated carbocycles. The molecule has 1 saturated heterocycles. The Bertz CT molecular complexity index is 428. The molecule has 0 N–H and O–H groups in total. The minimum atomic E-state index is -0.699. The second-order valence-electron chi connectivity index (χ2n) is 9.16. The summed E-state index contributed by atoms with van der Waals surface area (Å²) in [6, 6.07) is 0. The molecule has 0 aliphatic carbocycles. The summed E-state index contributed by atoms with van der Waals surface area (Å²) in [5.41, 5.74) is 0. The molecule has 0 aromatic heterocycles. The summed E-state index contributed by atoms with van der Waals surface area (Å²) in [4.78, 5) is 11.5. The molecule has 1 rings (SSSR count). The van der Waals surface area contributed by atoms with Crippen LogP contribution in [0.2, 0.25) is 0 Å². The first kappa shape index (κ1) is 28.4. The molecule has 0 radical (unpaired) electrons. The zero-order valence-electron chi connectivity index (χ0n) is 20.8. The Balaban J connectivity index is 1.84. The second kappa shape index (κ2) is 18.9. The lowest BCUT2D eigenvalue weighted by atomic mass is 10.0. The van der Waals surface area contributed by atoms with E-state index in [9.17, 15) is 4.79 Å². The van der Waals surface area contributed by atoms with Gasteiger partial charge in [0, 0.05) is 13.0 Å². The third kappa shape index (κ3) is 15.7. The summed E-state index contributed by atoms with van der Waals surface area (Å²) in [6.45, 7) is 8.27. The van der Waals surface area contributed by atoms with Crippen LogP contribution in [0.15, 0.2) is 0 Å². The van der Waals surface area contributed by atoms with Gasteiger partial charge in [-0.3, -0.25) is 4.79 Å². The second-order valence-corrected chi connectivity index (χ2v) is 9.16. The number of carbonyl (C=O) groups excluding carboxylic acids is 1. The van der Waals surface area contributed by atoms with Crippen molar-refractivity contribution in [3.05, 3.63) is 0 Å². The summed E-state index contributed by atoms with van der Waals surface area (Å²) in [6.07, 6.45) is 19.9. The van der Waals surface area contributed by atoms with Gasteiger partial charge in [0.2, 0.25) is 0 Å². The smallest absolute Gasteiger partial charge is 0.305 e. The lowest BCUT2D eigenvalue weighted by molar-refractivity contribution is -0.171. The molecule has 1 aliphatic heterocycles. The molecule has 5 nitrogen and oxygen atoms in total. The van der Waals surface area contributed by atoms with Crippen LogP contribution < -0.4 is 0 Å². The van der Waals surface area contributed by atoms with E-state index < -0.39 is 5.79 Å². The highest BCUT2D eigenvalue weighted by Gasteiger charge is 2.37. The summed E-state index contributed by atoms with van der Waals surface area (Å²) in [5, 5.41) is 0. The molecule has 2 unspecified atom stereocenters. The van der Waals surface area contributed by atoms with Gasteiger partial charge < -0.3 is 18.9 Å². The van der Waals surface area contributed by atoms with Gasteiger partial charge in [0.25, 0.3) is 0 Å². The van der Waals surface area contributed by atoms with Gasteiger partial charge in [-0.05, 0) is 20.3 Å². The Morgan fingerprint density at radius 2 is 1.42 bits per heavy atom. The number of ether oxygens (including phenoxy) is 4. The van der Waals surface area contributed by atoms with E-state index in [0.29, 0.717) is 32.7 Å². The Labute approximate surface area is 191 Å². The van der Waals surface area contributed by atoms with Crippen LogP contribution in [0.4, 0.5) is 0 Å². The molecular formula is C26H50O5. The van der Waals surface area contributed by atoms with E-state index in [0.717, 1.165) is 13.0 Å². The standard InChI is InChI=1S/C26H50O5/c1-4-6-7-8-9-10-11-12-13-14-15-16-17-18-21-28-22-24-23-30-26(3,31-24)20-19-25(27)29-5-2/h24H,4-23H2,1-3H3. The number of hydrogen-bond donors (Lipinski definition) is 0. The zero-order valence-corrected chi connectivity index (χ0v) is 20.8. The minimum Gasteiger partial charge on any atom is -0.466 e. The number of rotatable bonds is 21. The number of carbonyl (C=O) groups is 1. The van der Waals surface area contributed by atoms with Crippen molar-refractivity contribution >= 4 is 5.97 Å². The van der Waals surface area contributed by atoms with Crippen LogP contribution in [-0.2, 0) is 23.7 Å². The third-order valence-corrected chi connectivity index (χ3v) is 6.03. The molecule has 31 heavy (non-hydrogen) atoms. The van der Waals surface area contributed by atoms with Crippen LogP contribution in [0, 0.1) is 0 Å². The van der Waals surface area contributed by atoms with E-state index in [1.165, 1.54) is 83.5 Å². The minimum absolute atomic E-state index is 0.0427. The van der Waals surface area contributed by atoms with Gasteiger partial charge in [0.15, 0.2) is 5.79 Å². The van der Waals surface area contributed by atoms with Crippen LogP contribution in [0.1, 0.15) is 124 Å². The monoisotopic (exact) mass is 442 g/mol. The van der Waals surface area contributed by atoms with E-state index >= 15 is 0 Å². The molecule has 0 aromatic carbocycles. The molecule has 0 spiro atoms. The van der Waals surface area contributed by atoms with Crippen molar-refractivity contribution in [1.82, 2.24) is 0 Å². The number of esters is 1. The maximum Gasteiger partial charge on any atom is 0.305 e. The summed E-state index contributed by atoms with van der Waals surface area (Å²) >= 11 is 0. The van der Waals surface area contributed by atoms with Crippen molar-refractivity contribution in [2.24, 2.45) is 0 Å². The Morgan fingerprint density at radius 3 is 1.97 bits per heavy atom. The highest BCUT2D eigenvalue weighted by atomic mass is 16.7. The van der Waals surface area contributed by atoms with Gasteiger partial charge in [-0.25, -0.2) is 0 Å². The van der Waals surface area contributed by atoms with Crippen molar-refractivity contribution < 1.29 is 23.7 Å². The van der Waals surface area contributed by atoms with E-state index in [-0.39, 0.29) is 12.1 Å². The first-order chi connectivity index (χ1) is 15.1. The van der Waals surface area contributed by atoms with Gasteiger partial charge in [-0.2, -0.15) is 0 Å². The molecule has 0 bridgehead atoms. The maximum absolute atomic E-state index is 11.5. The Kier molecular flexibility index (Phi) is 17.3. The molecule has 0 amide bonds. The van der Waals surface area contributed by atoms with Gasteiger partial charge in [0.05, 0.1) is 26.2 Å². The third-order valence-electron chi connectivity index (χ3n) is 6.03. The quantitative estimate of drug-likeness (QED) is 0.142. The van der Waals surface area contributed by atoms with Crippen LogP contribution in [-0.4, -0.2) is 44.3 Å². The van der Waals surface area contributed by atoms with Gasteiger partial charge in [-0.15, -0.1) is 0 Å². The Hall–Kier alpha value is -0.650. The largest absolute Gasteiger partial charge is 0.466 e. The highest BCUT2D eigenvalue weighted by molar-refractivity contribution is 5.69. The van der Waals surface area contributed by atoms with E-state index in [4.69, 9.17) is 18.9 Å². The van der Waals surface area contributed by atoms with Crippen molar-refractivity contribution in [2.45, 2.75) is 135 Å². The average molecular weight is 443 g/mol. The number of hydrogen-bond acceptors (Lipinski definition) is 5. The van der Waals surface area contributed by atoms with E-state index in [2.05, 4.69) is 6.92 Å². The van der Waals surface area contributed by atoms with Crippen molar-refractivity contribution in [3.8, 4) is 0 Å². The van der Waals surface area contributed by atoms with Crippen LogP contribution in [0.3, 0.4) is 0 Å². The first-order valence-electron chi connectivity index (χ1n) is 13.1. The molecule has 1 aliphatic rings. The predicted molar refractivity (Wildman–Crippen MR) is 126 cm³/mol. The van der Waals surface area contributed by atoms with Gasteiger partial charge >= 0.3 is 5.97 Å². The molecule has 5 heteroatoms. The normalized spacial score (nSPS) is 20.9. The molecular weight excluding hydrogens is 392 g/mol. The van der Waals surface area contributed by atoms with Crippen LogP contribution in [0.5, 0.6) is 0 Å². The molecule has 2 atom stereocenters. The first-order valence-corrected chi connectivity index (χ1v) is 13.1. The fraction of sp³-hybridized carbons (Fsp3) is 0.962. The maximum atomic E-state index is 11.5. The molecule has 1 fully saturated rings. The van der Waals surface area contributed by atoms with E-state index in [1.807, 2.05) is 13.8 Å². The SMILES string of the molecule is CCCCCCCCCCCCCCCCOCC1COC(C)(CCC(=O)OCC)O1. The predicted octanol–water partition coefficient (Wildman–Crippen LogP) is 6.96. The lowest BCUT2D eigenvalue weighted by Crippen LogP contribution is -2.29. The summed E-state index contributed by atoms with van der Waals surface area (Å²) < 4.78 is 22.4. The van der Waals surface area contributed by atoms with Crippen molar-refractivity contribution in [3.63, 3.8) is 0 Å². The molecule has 184 valence electrons. The number of unbranched alkanes of at least 4 members (excludes halogenated alkanes) is 13. The van der Waals surface area contributed by atoms with Crippen molar-refractivity contribution in [2.75, 3.05) is 26.4 Å². The topological polar surface area (TPSA) is 54.0 Å². The summed E-state index contributed by atoms with van der Waals surface area (Å²) in [5.74, 6) is -0.899. The van der Waals surface area contributed by atoms with Gasteiger partial charge in [-0.1, -0.05) is 90.4 Å². The average Bonchev–Trinajstić information content (AvgIpc) is 3.13. The summed E-state index contributed by atoms with van der Waals surface area (Å²) in [7, 11) is 0. The molecule has 1 heterocycles. The lowest BCUT2D eigenvalue weighted by Gasteiger charge is -2.22. The fourth-order valence-electron chi connectivity index (χ4n) is 4.08. The van der Waals surface area contributed by atoms with E-state index in [1.54, 1.807) is 0 Å².